The summed E-state index contributed by atoms with van der Waals surface area (Å²) in [5, 5.41) is 3.78. The number of aryl methyl sites for hydroxylation is 1. The minimum absolute atomic E-state index is 0.389. The van der Waals surface area contributed by atoms with Crippen LogP contribution in [0.1, 0.15) is 83.8 Å². The number of benzene rings is 1. The second kappa shape index (κ2) is 12.2. The zero-order chi connectivity index (χ0) is 19.4. The molecule has 0 amide bonds. The molecule has 26 heavy (non-hydrogen) atoms. The largest absolute Gasteiger partial charge is 0.426 e. The Labute approximate surface area is 156 Å². The van der Waals surface area contributed by atoms with E-state index in [4.69, 9.17) is 4.74 Å². The number of oxime groups is 1. The molecular formula is C21H31NO4. The van der Waals surface area contributed by atoms with Crippen LogP contribution in [0.2, 0.25) is 0 Å². The molecule has 0 saturated carbocycles. The van der Waals surface area contributed by atoms with E-state index in [-0.39, 0.29) is 5.97 Å². The number of esters is 1. The summed E-state index contributed by atoms with van der Waals surface area (Å²) in [5.41, 5.74) is 2.25. The summed E-state index contributed by atoms with van der Waals surface area (Å²) in [4.78, 5) is 27.0. The third-order valence-electron chi connectivity index (χ3n) is 4.07. The number of rotatable bonds is 11. The van der Waals surface area contributed by atoms with Crippen molar-refractivity contribution in [1.82, 2.24) is 0 Å². The Hall–Kier alpha value is -2.17. The second-order valence-corrected chi connectivity index (χ2v) is 6.56. The van der Waals surface area contributed by atoms with Crippen LogP contribution in [0, 0.1) is 0 Å². The summed E-state index contributed by atoms with van der Waals surface area (Å²) < 4.78 is 5.33. The second-order valence-electron chi connectivity index (χ2n) is 6.56. The van der Waals surface area contributed by atoms with Gasteiger partial charge in [-0.25, -0.2) is 4.79 Å². The van der Waals surface area contributed by atoms with E-state index in [0.717, 1.165) is 18.4 Å². The molecule has 144 valence electrons. The van der Waals surface area contributed by atoms with E-state index in [1.165, 1.54) is 52.4 Å². The van der Waals surface area contributed by atoms with E-state index in [2.05, 4.69) is 16.9 Å². The van der Waals surface area contributed by atoms with Crippen LogP contribution >= 0.6 is 0 Å². The molecule has 0 radical (unpaired) electrons. The van der Waals surface area contributed by atoms with Gasteiger partial charge < -0.3 is 9.57 Å². The van der Waals surface area contributed by atoms with Crippen LogP contribution in [-0.4, -0.2) is 17.7 Å². The Balaban J connectivity index is 2.70. The molecule has 0 heterocycles. The van der Waals surface area contributed by atoms with E-state index in [1.54, 1.807) is 6.92 Å². The van der Waals surface area contributed by atoms with Crippen molar-refractivity contribution in [3.05, 3.63) is 29.3 Å². The Morgan fingerprint density at radius 1 is 0.923 bits per heavy atom. The number of unbranched alkanes of at least 4 members (excludes halogenated alkanes) is 6. The minimum Gasteiger partial charge on any atom is -0.426 e. The van der Waals surface area contributed by atoms with Crippen molar-refractivity contribution >= 4 is 17.7 Å². The summed E-state index contributed by atoms with van der Waals surface area (Å²) in [5.74, 6) is -0.431. The first kappa shape index (κ1) is 21.9. The highest BCUT2D eigenvalue weighted by molar-refractivity contribution is 6.01. The van der Waals surface area contributed by atoms with Gasteiger partial charge in [0.2, 0.25) is 0 Å². The fraction of sp³-hybridized carbons (Fsp3) is 0.571. The minimum atomic E-state index is -0.492. The standard InChI is InChI=1S/C21H31NO4/c1-5-6-7-8-9-10-11-12-19-13-14-20(16(2)22-26-18(4)24)21(15-19)25-17(3)23/h13-15H,5-12H2,1-4H3/b22-16+. The van der Waals surface area contributed by atoms with Gasteiger partial charge in [0.05, 0.1) is 5.71 Å². The first-order valence-electron chi connectivity index (χ1n) is 9.48. The van der Waals surface area contributed by atoms with Crippen LogP contribution in [0.3, 0.4) is 0 Å². The topological polar surface area (TPSA) is 65.0 Å². The maximum absolute atomic E-state index is 11.4. The molecule has 0 fully saturated rings. The summed E-state index contributed by atoms with van der Waals surface area (Å²) in [6.07, 6.45) is 9.76. The zero-order valence-electron chi connectivity index (χ0n) is 16.5. The number of carbonyl (C=O) groups is 2. The third kappa shape index (κ3) is 8.79. The number of nitrogens with zero attached hydrogens (tertiary/aromatic N) is 1. The predicted molar refractivity (Wildman–Crippen MR) is 103 cm³/mol. The molecule has 0 N–H and O–H groups in total. The van der Waals surface area contributed by atoms with Crippen molar-refractivity contribution in [2.24, 2.45) is 5.16 Å². The molecule has 0 aromatic heterocycles. The maximum atomic E-state index is 11.4. The molecular weight excluding hydrogens is 330 g/mol. The maximum Gasteiger partial charge on any atom is 0.331 e. The van der Waals surface area contributed by atoms with Crippen molar-refractivity contribution in [3.63, 3.8) is 0 Å². The molecule has 0 aliphatic rings. The highest BCUT2D eigenvalue weighted by atomic mass is 16.7. The molecule has 0 aliphatic heterocycles. The summed E-state index contributed by atoms with van der Waals surface area (Å²) in [6, 6.07) is 5.74. The van der Waals surface area contributed by atoms with Gasteiger partial charge in [0.1, 0.15) is 5.75 Å². The highest BCUT2D eigenvalue weighted by Crippen LogP contribution is 2.23. The highest BCUT2D eigenvalue weighted by Gasteiger charge is 2.11. The van der Waals surface area contributed by atoms with Gasteiger partial charge in [0.25, 0.3) is 0 Å². The fourth-order valence-electron chi connectivity index (χ4n) is 2.73. The lowest BCUT2D eigenvalue weighted by molar-refractivity contribution is -0.141. The molecule has 1 aromatic carbocycles. The van der Waals surface area contributed by atoms with E-state index in [9.17, 15) is 9.59 Å². The van der Waals surface area contributed by atoms with Crippen LogP contribution in [-0.2, 0) is 20.8 Å². The zero-order valence-corrected chi connectivity index (χ0v) is 16.5. The van der Waals surface area contributed by atoms with Crippen molar-refractivity contribution in [3.8, 4) is 5.75 Å². The molecule has 1 aromatic rings. The van der Waals surface area contributed by atoms with Crippen LogP contribution < -0.4 is 4.74 Å². The predicted octanol–water partition coefficient (Wildman–Crippen LogP) is 5.19. The quantitative estimate of drug-likeness (QED) is 0.136. The van der Waals surface area contributed by atoms with E-state index < -0.39 is 5.97 Å². The van der Waals surface area contributed by atoms with Crippen LogP contribution in [0.4, 0.5) is 0 Å². The molecule has 0 aliphatic carbocycles. The smallest absolute Gasteiger partial charge is 0.331 e. The van der Waals surface area contributed by atoms with Gasteiger partial charge in [0, 0.05) is 19.4 Å². The van der Waals surface area contributed by atoms with Gasteiger partial charge in [-0.3, -0.25) is 4.79 Å². The van der Waals surface area contributed by atoms with Gasteiger partial charge in [-0.1, -0.05) is 56.7 Å². The molecule has 0 unspecified atom stereocenters. The third-order valence-corrected chi connectivity index (χ3v) is 4.07. The average Bonchev–Trinajstić information content (AvgIpc) is 2.58. The molecule has 1 rings (SSSR count). The lowest BCUT2D eigenvalue weighted by atomic mass is 10.0. The number of ether oxygens (including phenoxy) is 1. The molecule has 5 nitrogen and oxygen atoms in total. The van der Waals surface area contributed by atoms with Crippen molar-refractivity contribution in [1.29, 1.82) is 0 Å². The molecule has 0 spiro atoms. The number of hydrogen-bond donors (Lipinski definition) is 0. The van der Waals surface area contributed by atoms with Gasteiger partial charge in [-0.05, 0) is 37.5 Å². The first-order valence-corrected chi connectivity index (χ1v) is 9.48. The van der Waals surface area contributed by atoms with E-state index in [0.29, 0.717) is 17.0 Å². The van der Waals surface area contributed by atoms with Gasteiger partial charge in [-0.15, -0.1) is 0 Å². The average molecular weight is 361 g/mol. The van der Waals surface area contributed by atoms with Crippen LogP contribution in [0.5, 0.6) is 5.75 Å². The van der Waals surface area contributed by atoms with Crippen molar-refractivity contribution in [2.75, 3.05) is 0 Å². The molecule has 0 atom stereocenters. The molecule has 0 saturated heterocycles. The number of carbonyl (C=O) groups excluding carboxylic acids is 2. The SMILES string of the molecule is CCCCCCCCCc1ccc(/C(C)=N/OC(C)=O)c(OC(C)=O)c1. The van der Waals surface area contributed by atoms with Crippen molar-refractivity contribution in [2.45, 2.75) is 79.1 Å². The van der Waals surface area contributed by atoms with Gasteiger partial charge in [-0.2, -0.15) is 0 Å². The monoisotopic (exact) mass is 361 g/mol. The molecule has 0 bridgehead atoms. The van der Waals surface area contributed by atoms with E-state index >= 15 is 0 Å². The van der Waals surface area contributed by atoms with Gasteiger partial charge in [0.15, 0.2) is 0 Å². The Morgan fingerprint density at radius 2 is 1.58 bits per heavy atom. The summed E-state index contributed by atoms with van der Waals surface area (Å²) in [6.45, 7) is 6.59. The van der Waals surface area contributed by atoms with Crippen molar-refractivity contribution < 1.29 is 19.2 Å². The van der Waals surface area contributed by atoms with Crippen LogP contribution in [0.25, 0.3) is 0 Å². The molecule has 5 heteroatoms. The lowest BCUT2D eigenvalue weighted by Crippen LogP contribution is -2.08. The van der Waals surface area contributed by atoms with Gasteiger partial charge >= 0.3 is 11.9 Å². The first-order chi connectivity index (χ1) is 12.4. The Morgan fingerprint density at radius 3 is 2.19 bits per heavy atom. The normalized spacial score (nSPS) is 11.3. The Bertz CT molecular complexity index is 622. The summed E-state index contributed by atoms with van der Waals surface area (Å²) in [7, 11) is 0. The summed E-state index contributed by atoms with van der Waals surface area (Å²) >= 11 is 0. The Kier molecular flexibility index (Phi) is 10.3. The van der Waals surface area contributed by atoms with Crippen LogP contribution in [0.15, 0.2) is 23.4 Å². The fourth-order valence-corrected chi connectivity index (χ4v) is 2.73. The number of hydrogen-bond acceptors (Lipinski definition) is 5. The van der Waals surface area contributed by atoms with E-state index in [1.807, 2.05) is 18.2 Å². The lowest BCUT2D eigenvalue weighted by Gasteiger charge is -2.11.